The number of nitrogens with one attached hydrogen (secondary N) is 2. The minimum atomic E-state index is -0.0449. The van der Waals surface area contributed by atoms with Gasteiger partial charge >= 0.3 is 0 Å². The number of aryl methyl sites for hydroxylation is 1. The lowest BCUT2D eigenvalue weighted by Crippen LogP contribution is -2.26. The van der Waals surface area contributed by atoms with Gasteiger partial charge in [-0.2, -0.15) is 5.10 Å². The fourth-order valence-corrected chi connectivity index (χ4v) is 4.36. The molecule has 1 aromatic carbocycles. The van der Waals surface area contributed by atoms with Crippen molar-refractivity contribution in [3.63, 3.8) is 0 Å². The van der Waals surface area contributed by atoms with Crippen LogP contribution in [0, 0.1) is 0 Å². The Hall–Kier alpha value is -2.38. The minimum Gasteiger partial charge on any atom is -0.326 e. The van der Waals surface area contributed by atoms with Crippen molar-refractivity contribution in [2.45, 2.75) is 44.7 Å². The number of aromatic nitrogens is 2. The average molecular weight is 402 g/mol. The molecular formula is C20H24ClN5O2. The van der Waals surface area contributed by atoms with Crippen molar-refractivity contribution in [1.82, 2.24) is 15.1 Å². The van der Waals surface area contributed by atoms with Crippen LogP contribution in [0.3, 0.4) is 0 Å². The largest absolute Gasteiger partial charge is 0.326 e. The number of rotatable bonds is 2. The van der Waals surface area contributed by atoms with E-state index in [-0.39, 0.29) is 30.1 Å². The van der Waals surface area contributed by atoms with Crippen LogP contribution in [0.4, 0.5) is 11.4 Å². The molecule has 1 unspecified atom stereocenters. The molecule has 4 heterocycles. The number of anilines is 2. The van der Waals surface area contributed by atoms with Crippen molar-refractivity contribution in [3.05, 3.63) is 41.2 Å². The number of halogens is 1. The van der Waals surface area contributed by atoms with Crippen molar-refractivity contribution in [2.75, 3.05) is 23.3 Å². The first kappa shape index (κ1) is 19.0. The first-order valence-corrected chi connectivity index (χ1v) is 9.70. The molecule has 2 aromatic rings. The summed E-state index contributed by atoms with van der Waals surface area (Å²) in [6.07, 6.45) is 2.95. The molecule has 1 aromatic heterocycles. The normalized spacial score (nSPS) is 21.4. The zero-order chi connectivity index (χ0) is 18.4. The third-order valence-corrected chi connectivity index (χ3v) is 5.73. The lowest BCUT2D eigenvalue weighted by Gasteiger charge is -2.26. The van der Waals surface area contributed by atoms with E-state index in [4.69, 9.17) is 5.10 Å². The number of amides is 2. The Kier molecular flexibility index (Phi) is 5.12. The topological polar surface area (TPSA) is 79.3 Å². The Morgan fingerprint density at radius 1 is 1.11 bits per heavy atom. The van der Waals surface area contributed by atoms with E-state index in [1.807, 2.05) is 18.2 Å². The van der Waals surface area contributed by atoms with Crippen LogP contribution in [0.1, 0.15) is 48.6 Å². The summed E-state index contributed by atoms with van der Waals surface area (Å²) in [6.45, 7) is 3.47. The fraction of sp³-hybridized carbons (Fsp3) is 0.450. The molecule has 7 nitrogen and oxygen atoms in total. The molecule has 8 heteroatoms. The summed E-state index contributed by atoms with van der Waals surface area (Å²) in [4.78, 5) is 26.2. The number of nitrogens with zero attached hydrogens (tertiary/aromatic N) is 3. The monoisotopic (exact) mass is 401 g/mol. The molecular weight excluding hydrogens is 378 g/mol. The maximum atomic E-state index is 12.4. The fourth-order valence-electron chi connectivity index (χ4n) is 4.36. The van der Waals surface area contributed by atoms with E-state index in [2.05, 4.69) is 21.4 Å². The maximum Gasteiger partial charge on any atom is 0.227 e. The van der Waals surface area contributed by atoms with Crippen LogP contribution >= 0.6 is 12.4 Å². The van der Waals surface area contributed by atoms with Crippen molar-refractivity contribution >= 4 is 35.6 Å². The molecule has 148 valence electrons. The second kappa shape index (κ2) is 7.56. The van der Waals surface area contributed by atoms with E-state index >= 15 is 0 Å². The highest BCUT2D eigenvalue weighted by Gasteiger charge is 2.31. The molecule has 0 aliphatic carbocycles. The van der Waals surface area contributed by atoms with Gasteiger partial charge in [0, 0.05) is 49.8 Å². The molecule has 28 heavy (non-hydrogen) atoms. The van der Waals surface area contributed by atoms with Crippen molar-refractivity contribution in [1.29, 1.82) is 0 Å². The van der Waals surface area contributed by atoms with Gasteiger partial charge in [-0.15, -0.1) is 12.4 Å². The van der Waals surface area contributed by atoms with E-state index in [0.29, 0.717) is 12.8 Å². The van der Waals surface area contributed by atoms with Crippen molar-refractivity contribution in [3.8, 4) is 0 Å². The quantitative estimate of drug-likeness (QED) is 0.809. The van der Waals surface area contributed by atoms with Gasteiger partial charge in [0.15, 0.2) is 0 Å². The Labute approximate surface area is 169 Å². The molecule has 3 aliphatic rings. The maximum absolute atomic E-state index is 12.4. The molecule has 1 atom stereocenters. The first-order chi connectivity index (χ1) is 13.2. The highest BCUT2D eigenvalue weighted by atomic mass is 35.5. The first-order valence-electron chi connectivity index (χ1n) is 9.70. The summed E-state index contributed by atoms with van der Waals surface area (Å²) in [5.74, 6) is 0.106. The number of fused-ring (bicyclic) bond motifs is 2. The van der Waals surface area contributed by atoms with Gasteiger partial charge in [0.05, 0.1) is 11.4 Å². The predicted molar refractivity (Wildman–Crippen MR) is 109 cm³/mol. The molecule has 0 saturated carbocycles. The number of hydrogen-bond acceptors (Lipinski definition) is 4. The molecule has 2 amide bonds. The summed E-state index contributed by atoms with van der Waals surface area (Å²) < 4.78 is 2.07. The van der Waals surface area contributed by atoms with Crippen LogP contribution in [0.15, 0.2) is 24.3 Å². The van der Waals surface area contributed by atoms with Crippen LogP contribution in [0.5, 0.6) is 0 Å². The van der Waals surface area contributed by atoms with Crippen LogP contribution in [0.2, 0.25) is 0 Å². The standard InChI is InChI=1S/C20H23N5O2.ClH/c26-19-11-16(18-10-14-12-21-6-2-8-25(14)23-18)15-5-4-13(9-17(15)22-19)24-7-1-3-20(24)27;/h4-5,9-10,16,21H,1-3,6-8,11-12H2,(H,22,26);1H. The van der Waals surface area contributed by atoms with Crippen molar-refractivity contribution < 1.29 is 9.59 Å². The summed E-state index contributed by atoms with van der Waals surface area (Å²) in [6, 6.07) is 8.10. The minimum absolute atomic E-state index is 0. The summed E-state index contributed by atoms with van der Waals surface area (Å²) in [5.41, 5.74) is 4.87. The lowest BCUT2D eigenvalue weighted by atomic mass is 9.87. The van der Waals surface area contributed by atoms with E-state index < -0.39 is 0 Å². The van der Waals surface area contributed by atoms with E-state index in [9.17, 15) is 9.59 Å². The number of carbonyl (C=O) groups is 2. The molecule has 5 rings (SSSR count). The molecule has 3 aliphatic heterocycles. The molecule has 0 bridgehead atoms. The lowest BCUT2D eigenvalue weighted by molar-refractivity contribution is -0.117. The second-order valence-electron chi connectivity index (χ2n) is 7.54. The Morgan fingerprint density at radius 2 is 2.00 bits per heavy atom. The summed E-state index contributed by atoms with van der Waals surface area (Å²) in [7, 11) is 0. The third kappa shape index (κ3) is 3.29. The molecule has 2 N–H and O–H groups in total. The number of hydrogen-bond donors (Lipinski definition) is 2. The summed E-state index contributed by atoms with van der Waals surface area (Å²) >= 11 is 0. The van der Waals surface area contributed by atoms with Gasteiger partial charge in [0.25, 0.3) is 0 Å². The Balaban J connectivity index is 0.00000192. The van der Waals surface area contributed by atoms with Gasteiger partial charge in [-0.3, -0.25) is 14.3 Å². The predicted octanol–water partition coefficient (Wildman–Crippen LogP) is 2.40. The van der Waals surface area contributed by atoms with Crippen LogP contribution < -0.4 is 15.5 Å². The molecule has 0 radical (unpaired) electrons. The van der Waals surface area contributed by atoms with Gasteiger partial charge in [0.2, 0.25) is 11.8 Å². The molecule has 1 saturated heterocycles. The highest BCUT2D eigenvalue weighted by molar-refractivity contribution is 5.99. The second-order valence-corrected chi connectivity index (χ2v) is 7.54. The van der Waals surface area contributed by atoms with Gasteiger partial charge < -0.3 is 15.5 Å². The van der Waals surface area contributed by atoms with E-state index in [1.165, 1.54) is 5.69 Å². The zero-order valence-corrected chi connectivity index (χ0v) is 16.4. The number of carbonyl (C=O) groups excluding carboxylic acids is 2. The Bertz CT molecular complexity index is 902. The van der Waals surface area contributed by atoms with Gasteiger partial charge in [0.1, 0.15) is 0 Å². The van der Waals surface area contributed by atoms with Gasteiger partial charge in [-0.1, -0.05) is 6.07 Å². The van der Waals surface area contributed by atoms with E-state index in [1.54, 1.807) is 4.90 Å². The van der Waals surface area contributed by atoms with Gasteiger partial charge in [-0.05, 0) is 43.1 Å². The number of benzene rings is 1. The molecule has 1 fully saturated rings. The van der Waals surface area contributed by atoms with Crippen LogP contribution in [-0.4, -0.2) is 34.7 Å². The average Bonchev–Trinajstić information content (AvgIpc) is 3.20. The zero-order valence-electron chi connectivity index (χ0n) is 15.6. The SMILES string of the molecule is Cl.O=C1CC(c2cc3n(n2)CCCNC3)c2ccc(N3CCCC3=O)cc2N1. The van der Waals surface area contributed by atoms with Gasteiger partial charge in [-0.25, -0.2) is 0 Å². The van der Waals surface area contributed by atoms with Crippen molar-refractivity contribution in [2.24, 2.45) is 0 Å². The highest BCUT2D eigenvalue weighted by Crippen LogP contribution is 2.39. The summed E-state index contributed by atoms with van der Waals surface area (Å²) in [5, 5.41) is 11.2. The Morgan fingerprint density at radius 3 is 2.82 bits per heavy atom. The van der Waals surface area contributed by atoms with Crippen LogP contribution in [0.25, 0.3) is 0 Å². The van der Waals surface area contributed by atoms with E-state index in [0.717, 1.165) is 61.7 Å². The third-order valence-electron chi connectivity index (χ3n) is 5.73. The smallest absolute Gasteiger partial charge is 0.227 e. The molecule has 0 spiro atoms. The van der Waals surface area contributed by atoms with Crippen LogP contribution in [-0.2, 0) is 22.7 Å².